The van der Waals surface area contributed by atoms with Crippen molar-refractivity contribution in [3.8, 4) is 0 Å². The third kappa shape index (κ3) is 4.79. The summed E-state index contributed by atoms with van der Waals surface area (Å²) in [5, 5.41) is 13.3. The van der Waals surface area contributed by atoms with E-state index >= 15 is 0 Å². The molecule has 1 aromatic rings. The summed E-state index contributed by atoms with van der Waals surface area (Å²) >= 11 is 5.86. The number of carbonyl (C=O) groups excluding carboxylic acids is 1. The third-order valence-corrected chi connectivity index (χ3v) is 3.13. The first-order valence-corrected chi connectivity index (χ1v) is 6.65. The Hall–Kier alpha value is -1.66. The second-order valence-electron chi connectivity index (χ2n) is 4.21. The molecule has 110 valence electrons. The Morgan fingerprint density at radius 1 is 1.40 bits per heavy atom. The monoisotopic (exact) mass is 300 g/mol. The molecular formula is C13H17ClN2O4. The molecule has 0 saturated carbocycles. The molecule has 0 atom stereocenters. The lowest BCUT2D eigenvalue weighted by Crippen LogP contribution is -2.24. The summed E-state index contributed by atoms with van der Waals surface area (Å²) in [5.41, 5.74) is -0.142. The first kappa shape index (κ1) is 16.4. The summed E-state index contributed by atoms with van der Waals surface area (Å²) in [6.07, 6.45) is 2.70. The van der Waals surface area contributed by atoms with Crippen LogP contribution in [0.5, 0.6) is 0 Å². The summed E-state index contributed by atoms with van der Waals surface area (Å²) in [6, 6.07) is 4.18. The number of ether oxygens (including phenoxy) is 1. The lowest BCUT2D eigenvalue weighted by Gasteiger charge is -2.06. The van der Waals surface area contributed by atoms with Gasteiger partial charge in [0.05, 0.1) is 10.5 Å². The molecule has 0 fully saturated rings. The predicted molar refractivity (Wildman–Crippen MR) is 76.2 cm³/mol. The van der Waals surface area contributed by atoms with Crippen molar-refractivity contribution in [2.75, 3.05) is 20.3 Å². The molecule has 1 rings (SSSR count). The van der Waals surface area contributed by atoms with Crippen LogP contribution in [0, 0.1) is 10.1 Å². The van der Waals surface area contributed by atoms with Crippen LogP contribution in [0.4, 0.5) is 5.69 Å². The molecule has 7 heteroatoms. The van der Waals surface area contributed by atoms with Gasteiger partial charge in [0.1, 0.15) is 5.02 Å². The Morgan fingerprint density at radius 2 is 2.15 bits per heavy atom. The maximum Gasteiger partial charge on any atom is 0.288 e. The van der Waals surface area contributed by atoms with Gasteiger partial charge >= 0.3 is 0 Å². The SMILES string of the molecule is COCCCCCNC(=O)c1cccc([N+](=O)[O-])c1Cl. The molecular weight excluding hydrogens is 284 g/mol. The molecule has 0 bridgehead atoms. The molecule has 1 amide bonds. The van der Waals surface area contributed by atoms with Crippen molar-refractivity contribution in [3.05, 3.63) is 38.9 Å². The number of hydrogen-bond acceptors (Lipinski definition) is 4. The van der Waals surface area contributed by atoms with Crippen LogP contribution in [0.3, 0.4) is 0 Å². The highest BCUT2D eigenvalue weighted by molar-refractivity contribution is 6.35. The second kappa shape index (κ2) is 8.50. The van der Waals surface area contributed by atoms with Crippen LogP contribution in [-0.2, 0) is 4.74 Å². The van der Waals surface area contributed by atoms with E-state index in [9.17, 15) is 14.9 Å². The van der Waals surface area contributed by atoms with Crippen molar-refractivity contribution in [2.24, 2.45) is 0 Å². The van der Waals surface area contributed by atoms with Crippen LogP contribution in [0.2, 0.25) is 5.02 Å². The number of benzene rings is 1. The minimum atomic E-state index is -0.607. The van der Waals surface area contributed by atoms with Gasteiger partial charge in [-0.05, 0) is 25.3 Å². The topological polar surface area (TPSA) is 81.5 Å². The zero-order valence-corrected chi connectivity index (χ0v) is 12.0. The average molecular weight is 301 g/mol. The van der Waals surface area contributed by atoms with Gasteiger partial charge in [0.15, 0.2) is 0 Å². The largest absolute Gasteiger partial charge is 0.385 e. The molecule has 6 nitrogen and oxygen atoms in total. The highest BCUT2D eigenvalue weighted by Crippen LogP contribution is 2.27. The Kier molecular flexibility index (Phi) is 6.97. The molecule has 0 aliphatic heterocycles. The van der Waals surface area contributed by atoms with E-state index in [1.807, 2.05) is 0 Å². The maximum atomic E-state index is 11.9. The number of amides is 1. The van der Waals surface area contributed by atoms with E-state index in [1.165, 1.54) is 18.2 Å². The maximum absolute atomic E-state index is 11.9. The van der Waals surface area contributed by atoms with Gasteiger partial charge in [-0.3, -0.25) is 14.9 Å². The molecule has 20 heavy (non-hydrogen) atoms. The van der Waals surface area contributed by atoms with E-state index in [-0.39, 0.29) is 16.3 Å². The number of methoxy groups -OCH3 is 1. The standard InChI is InChI=1S/C13H17ClN2O4/c1-20-9-4-2-3-8-15-13(17)10-6-5-7-11(12(10)14)16(18)19/h5-7H,2-4,8-9H2,1H3,(H,15,17). The Bertz CT molecular complexity index is 479. The third-order valence-electron chi connectivity index (χ3n) is 2.73. The summed E-state index contributed by atoms with van der Waals surface area (Å²) in [6.45, 7) is 1.20. The number of nitrogens with zero attached hydrogens (tertiary/aromatic N) is 1. The van der Waals surface area contributed by atoms with Crippen LogP contribution in [-0.4, -0.2) is 31.1 Å². The number of hydrogen-bond donors (Lipinski definition) is 1. The number of carbonyl (C=O) groups is 1. The summed E-state index contributed by atoms with van der Waals surface area (Å²) in [4.78, 5) is 22.0. The van der Waals surface area contributed by atoms with Crippen LogP contribution < -0.4 is 5.32 Å². The molecule has 0 aliphatic rings. The molecule has 1 N–H and O–H groups in total. The van der Waals surface area contributed by atoms with Crippen LogP contribution in [0.1, 0.15) is 29.6 Å². The van der Waals surface area contributed by atoms with Crippen LogP contribution in [0.25, 0.3) is 0 Å². The van der Waals surface area contributed by atoms with E-state index in [0.717, 1.165) is 19.3 Å². The van der Waals surface area contributed by atoms with Gasteiger partial charge in [0, 0.05) is 26.3 Å². The van der Waals surface area contributed by atoms with Gasteiger partial charge in [-0.15, -0.1) is 0 Å². The second-order valence-corrected chi connectivity index (χ2v) is 4.58. The van der Waals surface area contributed by atoms with E-state index in [1.54, 1.807) is 7.11 Å². The van der Waals surface area contributed by atoms with E-state index in [4.69, 9.17) is 16.3 Å². The highest BCUT2D eigenvalue weighted by Gasteiger charge is 2.19. The fraction of sp³-hybridized carbons (Fsp3) is 0.462. The number of rotatable bonds is 8. The molecule has 0 aromatic heterocycles. The molecule has 0 aliphatic carbocycles. The molecule has 0 unspecified atom stereocenters. The minimum absolute atomic E-state index is 0.123. The first-order chi connectivity index (χ1) is 9.57. The first-order valence-electron chi connectivity index (χ1n) is 6.28. The zero-order chi connectivity index (χ0) is 15.0. The zero-order valence-electron chi connectivity index (χ0n) is 11.2. The number of nitro benzene ring substituents is 1. The van der Waals surface area contributed by atoms with E-state index < -0.39 is 10.8 Å². The van der Waals surface area contributed by atoms with Crippen molar-refractivity contribution >= 4 is 23.2 Å². The fourth-order valence-electron chi connectivity index (χ4n) is 1.68. The van der Waals surface area contributed by atoms with Crippen molar-refractivity contribution < 1.29 is 14.5 Å². The summed E-state index contributed by atoms with van der Waals surface area (Å²) < 4.78 is 4.92. The number of nitrogens with one attached hydrogen (secondary N) is 1. The lowest BCUT2D eigenvalue weighted by atomic mass is 10.2. The quantitative estimate of drug-likeness (QED) is 0.455. The van der Waals surface area contributed by atoms with E-state index in [0.29, 0.717) is 13.2 Å². The van der Waals surface area contributed by atoms with Gasteiger partial charge in [-0.2, -0.15) is 0 Å². The minimum Gasteiger partial charge on any atom is -0.385 e. The predicted octanol–water partition coefficient (Wildman–Crippen LogP) is 2.79. The van der Waals surface area contributed by atoms with Crippen molar-refractivity contribution in [1.82, 2.24) is 5.32 Å². The van der Waals surface area contributed by atoms with E-state index in [2.05, 4.69) is 5.32 Å². The lowest BCUT2D eigenvalue weighted by molar-refractivity contribution is -0.384. The molecule has 0 saturated heterocycles. The van der Waals surface area contributed by atoms with Gasteiger partial charge in [-0.1, -0.05) is 17.7 Å². The molecule has 1 aromatic carbocycles. The van der Waals surface area contributed by atoms with Gasteiger partial charge in [0.2, 0.25) is 0 Å². The average Bonchev–Trinajstić information content (AvgIpc) is 2.42. The van der Waals surface area contributed by atoms with Gasteiger partial charge in [-0.25, -0.2) is 0 Å². The Labute approximate surface area is 122 Å². The van der Waals surface area contributed by atoms with Crippen LogP contribution in [0.15, 0.2) is 18.2 Å². The van der Waals surface area contributed by atoms with Crippen LogP contribution >= 0.6 is 11.6 Å². The van der Waals surface area contributed by atoms with Gasteiger partial charge in [0.25, 0.3) is 11.6 Å². The Balaban J connectivity index is 2.52. The Morgan fingerprint density at radius 3 is 2.80 bits per heavy atom. The van der Waals surface area contributed by atoms with Gasteiger partial charge < -0.3 is 10.1 Å². The van der Waals surface area contributed by atoms with Crippen molar-refractivity contribution in [2.45, 2.75) is 19.3 Å². The molecule has 0 radical (unpaired) electrons. The normalized spacial score (nSPS) is 10.3. The number of unbranched alkanes of at least 4 members (excludes halogenated alkanes) is 2. The summed E-state index contributed by atoms with van der Waals surface area (Å²) in [7, 11) is 1.64. The number of halogens is 1. The molecule has 0 spiro atoms. The summed E-state index contributed by atoms with van der Waals surface area (Å²) in [5.74, 6) is -0.398. The molecule has 0 heterocycles. The number of nitro groups is 1. The van der Waals surface area contributed by atoms with Crippen molar-refractivity contribution in [1.29, 1.82) is 0 Å². The highest BCUT2D eigenvalue weighted by atomic mass is 35.5. The smallest absolute Gasteiger partial charge is 0.288 e. The van der Waals surface area contributed by atoms with Crippen molar-refractivity contribution in [3.63, 3.8) is 0 Å². The fourth-order valence-corrected chi connectivity index (χ4v) is 1.96.